The van der Waals surface area contributed by atoms with Crippen LogP contribution in [0.4, 0.5) is 5.69 Å². The van der Waals surface area contributed by atoms with E-state index in [1.165, 1.54) is 43.7 Å². The monoisotopic (exact) mass is 524 g/mol. The van der Waals surface area contributed by atoms with Crippen LogP contribution in [0.2, 0.25) is 0 Å². The van der Waals surface area contributed by atoms with E-state index in [0.717, 1.165) is 28.1 Å². The van der Waals surface area contributed by atoms with Crippen LogP contribution in [-0.2, 0) is 0 Å². The van der Waals surface area contributed by atoms with Crippen LogP contribution in [0, 0.1) is 11.3 Å². The van der Waals surface area contributed by atoms with Gasteiger partial charge in [-0.15, -0.1) is 0 Å². The summed E-state index contributed by atoms with van der Waals surface area (Å²) in [4.78, 5) is 0. The topological polar surface area (TPSA) is 59.7 Å². The van der Waals surface area contributed by atoms with Crippen molar-refractivity contribution < 1.29 is 0 Å². The Kier molecular flexibility index (Phi) is 5.01. The van der Waals surface area contributed by atoms with Crippen LogP contribution >= 0.6 is 0 Å². The summed E-state index contributed by atoms with van der Waals surface area (Å²) in [6.45, 7) is 0. The van der Waals surface area contributed by atoms with Crippen LogP contribution in [0.1, 0.15) is 5.56 Å². The number of anilines is 1. The molecule has 4 heteroatoms. The Morgan fingerprint density at radius 1 is 0.463 bits per heavy atom. The van der Waals surface area contributed by atoms with Crippen molar-refractivity contribution in [1.29, 1.82) is 5.26 Å². The SMILES string of the molecule is N#Cc1ccc(-n2c3ccccc3c3cc(-c4ccc5c(c4)c4ccccc4n5-c4ccc(N)cc4)ccc32)cc1. The van der Waals surface area contributed by atoms with Gasteiger partial charge in [0.2, 0.25) is 0 Å². The zero-order valence-corrected chi connectivity index (χ0v) is 22.1. The van der Waals surface area contributed by atoms with Crippen molar-refractivity contribution in [3.8, 4) is 28.6 Å². The molecule has 0 spiro atoms. The Labute approximate surface area is 236 Å². The highest BCUT2D eigenvalue weighted by atomic mass is 15.0. The first-order valence-corrected chi connectivity index (χ1v) is 13.6. The van der Waals surface area contributed by atoms with Crippen molar-refractivity contribution in [2.24, 2.45) is 0 Å². The van der Waals surface area contributed by atoms with Crippen molar-refractivity contribution in [2.45, 2.75) is 0 Å². The molecule has 0 atom stereocenters. The molecule has 0 amide bonds. The molecule has 41 heavy (non-hydrogen) atoms. The number of hydrogen-bond donors (Lipinski definition) is 1. The fourth-order valence-electron chi connectivity index (χ4n) is 6.17. The number of benzene rings is 6. The number of aromatic nitrogens is 2. The summed E-state index contributed by atoms with van der Waals surface area (Å²) in [6, 6.07) is 48.6. The third-order valence-corrected chi connectivity index (χ3v) is 8.08. The average Bonchev–Trinajstić information content (AvgIpc) is 3.54. The quantitative estimate of drug-likeness (QED) is 0.234. The zero-order valence-electron chi connectivity index (χ0n) is 22.1. The highest BCUT2D eigenvalue weighted by molar-refractivity contribution is 6.12. The molecule has 0 saturated carbocycles. The van der Waals surface area contributed by atoms with Crippen molar-refractivity contribution in [3.63, 3.8) is 0 Å². The molecule has 0 fully saturated rings. The van der Waals surface area contributed by atoms with E-state index in [1.54, 1.807) is 0 Å². The van der Waals surface area contributed by atoms with Gasteiger partial charge in [-0.1, -0.05) is 48.5 Å². The van der Waals surface area contributed by atoms with Gasteiger partial charge in [0.05, 0.1) is 33.7 Å². The van der Waals surface area contributed by atoms with Crippen molar-refractivity contribution >= 4 is 49.3 Å². The number of nitrogens with two attached hydrogens (primary N) is 1. The lowest BCUT2D eigenvalue weighted by Gasteiger charge is -2.09. The molecule has 0 aliphatic rings. The number of nitrogen functional groups attached to an aromatic ring is 1. The Morgan fingerprint density at radius 2 is 0.902 bits per heavy atom. The first kappa shape index (κ1) is 23.1. The van der Waals surface area contributed by atoms with Crippen LogP contribution in [-0.4, -0.2) is 9.13 Å². The molecule has 0 bridgehead atoms. The summed E-state index contributed by atoms with van der Waals surface area (Å²) in [7, 11) is 0. The lowest BCUT2D eigenvalue weighted by atomic mass is 10.0. The average molecular weight is 525 g/mol. The summed E-state index contributed by atoms with van der Waals surface area (Å²) in [5.74, 6) is 0. The Morgan fingerprint density at radius 3 is 1.39 bits per heavy atom. The van der Waals surface area contributed by atoms with Crippen LogP contribution in [0.5, 0.6) is 0 Å². The number of fused-ring (bicyclic) bond motifs is 6. The molecule has 4 nitrogen and oxygen atoms in total. The van der Waals surface area contributed by atoms with Crippen LogP contribution in [0.25, 0.3) is 66.1 Å². The molecule has 2 aromatic heterocycles. The summed E-state index contributed by atoms with van der Waals surface area (Å²) in [5.41, 5.74) is 16.5. The van der Waals surface area contributed by atoms with Gasteiger partial charge in [0.1, 0.15) is 0 Å². The minimum atomic E-state index is 0.657. The minimum absolute atomic E-state index is 0.657. The van der Waals surface area contributed by atoms with E-state index < -0.39 is 0 Å². The fraction of sp³-hybridized carbons (Fsp3) is 0. The first-order chi connectivity index (χ1) is 20.2. The Bertz CT molecular complexity index is 2310. The van der Waals surface area contributed by atoms with E-state index in [-0.39, 0.29) is 0 Å². The van der Waals surface area contributed by atoms with Gasteiger partial charge >= 0.3 is 0 Å². The van der Waals surface area contributed by atoms with E-state index >= 15 is 0 Å². The highest BCUT2D eigenvalue weighted by Crippen LogP contribution is 2.38. The van der Waals surface area contributed by atoms with E-state index in [9.17, 15) is 5.26 Å². The lowest BCUT2D eigenvalue weighted by molar-refractivity contribution is 1.18. The second-order valence-corrected chi connectivity index (χ2v) is 10.4. The predicted molar refractivity (Wildman–Crippen MR) is 170 cm³/mol. The molecule has 0 unspecified atom stereocenters. The van der Waals surface area contributed by atoms with E-state index in [1.807, 2.05) is 36.4 Å². The maximum absolute atomic E-state index is 9.27. The number of para-hydroxylation sites is 2. The molecule has 8 aromatic rings. The van der Waals surface area contributed by atoms with Crippen LogP contribution in [0.15, 0.2) is 133 Å². The van der Waals surface area contributed by atoms with Crippen LogP contribution < -0.4 is 5.73 Å². The number of nitriles is 1. The molecule has 0 aliphatic heterocycles. The predicted octanol–water partition coefficient (Wildman–Crippen LogP) is 9.00. The van der Waals surface area contributed by atoms with E-state index in [2.05, 4.69) is 112 Å². The summed E-state index contributed by atoms with van der Waals surface area (Å²) < 4.78 is 4.58. The van der Waals surface area contributed by atoms with Gasteiger partial charge in [0.25, 0.3) is 0 Å². The molecule has 0 radical (unpaired) electrons. The Balaban J connectivity index is 1.33. The second kappa shape index (κ2) is 8.87. The highest BCUT2D eigenvalue weighted by Gasteiger charge is 2.16. The molecule has 0 saturated heterocycles. The molecule has 6 aromatic carbocycles. The third-order valence-electron chi connectivity index (χ3n) is 8.08. The fourth-order valence-corrected chi connectivity index (χ4v) is 6.17. The van der Waals surface area contributed by atoms with Gasteiger partial charge in [-0.25, -0.2) is 0 Å². The second-order valence-electron chi connectivity index (χ2n) is 10.4. The normalized spacial score (nSPS) is 11.5. The Hall–Kier alpha value is -5.79. The maximum Gasteiger partial charge on any atom is 0.0991 e. The molecule has 0 aliphatic carbocycles. The van der Waals surface area contributed by atoms with Gasteiger partial charge in [-0.2, -0.15) is 5.26 Å². The summed E-state index contributed by atoms with van der Waals surface area (Å²) in [6.07, 6.45) is 0. The molecule has 2 heterocycles. The smallest absolute Gasteiger partial charge is 0.0991 e. The molecule has 192 valence electrons. The van der Waals surface area contributed by atoms with Crippen molar-refractivity contribution in [1.82, 2.24) is 9.13 Å². The third kappa shape index (κ3) is 3.53. The maximum atomic E-state index is 9.27. The number of hydrogen-bond acceptors (Lipinski definition) is 2. The largest absolute Gasteiger partial charge is 0.399 e. The number of nitrogens with zero attached hydrogens (tertiary/aromatic N) is 3. The minimum Gasteiger partial charge on any atom is -0.399 e. The van der Waals surface area contributed by atoms with E-state index in [0.29, 0.717) is 5.56 Å². The molecule has 2 N–H and O–H groups in total. The van der Waals surface area contributed by atoms with Gasteiger partial charge < -0.3 is 14.9 Å². The lowest BCUT2D eigenvalue weighted by Crippen LogP contribution is -1.94. The first-order valence-electron chi connectivity index (χ1n) is 13.6. The standard InChI is InChI=1S/C37H24N4/c38-23-24-9-15-28(16-10-24)40-34-7-3-1-5-30(34)32-21-25(11-19-36(32)40)26-12-20-37-33(22-26)31-6-2-4-8-35(31)41(37)29-17-13-27(39)14-18-29/h1-22H,39H2. The summed E-state index contributed by atoms with van der Waals surface area (Å²) in [5, 5.41) is 14.1. The molecular formula is C37H24N4. The molecule has 8 rings (SSSR count). The summed E-state index contributed by atoms with van der Waals surface area (Å²) >= 11 is 0. The van der Waals surface area contributed by atoms with Crippen molar-refractivity contribution in [3.05, 3.63) is 139 Å². The van der Waals surface area contributed by atoms with Crippen LogP contribution in [0.3, 0.4) is 0 Å². The van der Waals surface area contributed by atoms with Crippen molar-refractivity contribution in [2.75, 3.05) is 5.73 Å². The van der Waals surface area contributed by atoms with Gasteiger partial charge in [-0.05, 0) is 96.1 Å². The zero-order chi connectivity index (χ0) is 27.5. The van der Waals surface area contributed by atoms with Gasteiger partial charge in [0.15, 0.2) is 0 Å². The van der Waals surface area contributed by atoms with E-state index in [4.69, 9.17) is 5.73 Å². The molecular weight excluding hydrogens is 500 g/mol. The number of rotatable bonds is 3. The van der Waals surface area contributed by atoms with Gasteiger partial charge in [0, 0.05) is 38.6 Å². The van der Waals surface area contributed by atoms with Gasteiger partial charge in [-0.3, -0.25) is 0 Å².